The molecule has 0 aliphatic carbocycles. The van der Waals surface area contributed by atoms with Gasteiger partial charge in [0.2, 0.25) is 0 Å². The number of ether oxygens (including phenoxy) is 1. The molecular formula is C21H19ClN2O5S. The number of hydrogen-bond acceptors (Lipinski definition) is 4. The van der Waals surface area contributed by atoms with E-state index in [0.717, 1.165) is 5.39 Å². The highest BCUT2D eigenvalue weighted by atomic mass is 35.5. The molecule has 1 atom stereocenters. The summed E-state index contributed by atoms with van der Waals surface area (Å²) in [6.45, 7) is 0.728. The molecule has 30 heavy (non-hydrogen) atoms. The van der Waals surface area contributed by atoms with Crippen molar-refractivity contribution in [1.82, 2.24) is 4.90 Å². The van der Waals surface area contributed by atoms with Crippen molar-refractivity contribution in [3.63, 3.8) is 0 Å². The van der Waals surface area contributed by atoms with E-state index in [1.807, 2.05) is 18.2 Å². The first-order valence-corrected chi connectivity index (χ1v) is 11.1. The molecular weight excluding hydrogens is 428 g/mol. The van der Waals surface area contributed by atoms with Crippen molar-refractivity contribution in [1.29, 1.82) is 0 Å². The maximum absolute atomic E-state index is 12.8. The molecule has 2 N–H and O–H groups in total. The van der Waals surface area contributed by atoms with E-state index in [1.165, 1.54) is 29.2 Å². The largest absolute Gasteiger partial charge is 0.488 e. The molecule has 1 fully saturated rings. The predicted molar refractivity (Wildman–Crippen MR) is 115 cm³/mol. The number of carbonyl (C=O) groups is 1. The van der Waals surface area contributed by atoms with Crippen LogP contribution in [0.5, 0.6) is 5.75 Å². The van der Waals surface area contributed by atoms with Crippen LogP contribution in [-0.4, -0.2) is 43.7 Å². The van der Waals surface area contributed by atoms with Gasteiger partial charge in [-0.3, -0.25) is 4.72 Å². The van der Waals surface area contributed by atoms with Gasteiger partial charge in [0.25, 0.3) is 10.0 Å². The van der Waals surface area contributed by atoms with Crippen molar-refractivity contribution >= 4 is 44.2 Å². The number of nitrogens with one attached hydrogen (secondary N) is 1. The zero-order chi connectivity index (χ0) is 21.3. The lowest BCUT2D eigenvalue weighted by Crippen LogP contribution is -2.29. The summed E-state index contributed by atoms with van der Waals surface area (Å²) in [6.07, 6.45) is -0.606. The number of fused-ring (bicyclic) bond motifs is 1. The molecule has 1 aliphatic heterocycles. The van der Waals surface area contributed by atoms with E-state index >= 15 is 0 Å². The van der Waals surface area contributed by atoms with Crippen LogP contribution in [0.4, 0.5) is 10.5 Å². The minimum Gasteiger partial charge on any atom is -0.488 e. The minimum atomic E-state index is -3.79. The van der Waals surface area contributed by atoms with Gasteiger partial charge in [0.05, 0.1) is 17.1 Å². The monoisotopic (exact) mass is 446 g/mol. The Kier molecular flexibility index (Phi) is 5.44. The summed E-state index contributed by atoms with van der Waals surface area (Å²) < 4.78 is 34.2. The normalized spacial score (nSPS) is 16.6. The van der Waals surface area contributed by atoms with Crippen LogP contribution < -0.4 is 9.46 Å². The number of rotatable bonds is 5. The van der Waals surface area contributed by atoms with Gasteiger partial charge in [0.1, 0.15) is 11.9 Å². The highest BCUT2D eigenvalue weighted by Crippen LogP contribution is 2.34. The molecule has 3 aromatic rings. The van der Waals surface area contributed by atoms with E-state index in [1.54, 1.807) is 18.2 Å². The fraction of sp³-hybridized carbons (Fsp3) is 0.190. The number of benzene rings is 3. The Morgan fingerprint density at radius 1 is 1.07 bits per heavy atom. The van der Waals surface area contributed by atoms with Crippen molar-refractivity contribution in [3.8, 4) is 5.75 Å². The summed E-state index contributed by atoms with van der Waals surface area (Å²) in [6, 6.07) is 16.6. The Morgan fingerprint density at radius 2 is 1.77 bits per heavy atom. The molecule has 0 aromatic heterocycles. The van der Waals surface area contributed by atoms with Gasteiger partial charge in [-0.2, -0.15) is 0 Å². The first-order valence-electron chi connectivity index (χ1n) is 9.28. The number of sulfonamides is 1. The average Bonchev–Trinajstić information content (AvgIpc) is 3.19. The lowest BCUT2D eigenvalue weighted by molar-refractivity contribution is 0.146. The van der Waals surface area contributed by atoms with Crippen molar-refractivity contribution in [2.75, 3.05) is 17.8 Å². The molecule has 0 saturated carbocycles. The first kappa shape index (κ1) is 20.3. The lowest BCUT2D eigenvalue weighted by atomic mass is 10.1. The van der Waals surface area contributed by atoms with Gasteiger partial charge in [0.15, 0.2) is 0 Å². The second-order valence-corrected chi connectivity index (χ2v) is 9.09. The first-order chi connectivity index (χ1) is 14.3. The molecule has 4 rings (SSSR count). The van der Waals surface area contributed by atoms with Crippen LogP contribution in [0.25, 0.3) is 10.8 Å². The van der Waals surface area contributed by atoms with Crippen molar-refractivity contribution in [2.45, 2.75) is 17.4 Å². The molecule has 9 heteroatoms. The Balaban J connectivity index is 1.63. The maximum atomic E-state index is 12.8. The van der Waals surface area contributed by atoms with Gasteiger partial charge in [-0.15, -0.1) is 0 Å². The van der Waals surface area contributed by atoms with Gasteiger partial charge in [-0.25, -0.2) is 13.2 Å². The van der Waals surface area contributed by atoms with Crippen LogP contribution in [0.1, 0.15) is 6.42 Å². The Morgan fingerprint density at radius 3 is 2.43 bits per heavy atom. The summed E-state index contributed by atoms with van der Waals surface area (Å²) in [4.78, 5) is 12.6. The molecule has 1 saturated heterocycles. The molecule has 3 aromatic carbocycles. The topological polar surface area (TPSA) is 95.9 Å². The Bertz CT molecular complexity index is 1200. The zero-order valence-electron chi connectivity index (χ0n) is 15.8. The van der Waals surface area contributed by atoms with Gasteiger partial charge >= 0.3 is 6.09 Å². The van der Waals surface area contributed by atoms with Crippen LogP contribution in [0.3, 0.4) is 0 Å². The summed E-state index contributed by atoms with van der Waals surface area (Å²) in [7, 11) is -3.79. The lowest BCUT2D eigenvalue weighted by Gasteiger charge is -2.18. The van der Waals surface area contributed by atoms with Gasteiger partial charge in [-0.05, 0) is 36.4 Å². The van der Waals surface area contributed by atoms with Crippen molar-refractivity contribution in [2.24, 2.45) is 0 Å². The van der Waals surface area contributed by atoms with Crippen molar-refractivity contribution in [3.05, 3.63) is 65.7 Å². The van der Waals surface area contributed by atoms with Gasteiger partial charge in [-0.1, -0.05) is 35.9 Å². The molecule has 0 bridgehead atoms. The number of halogens is 1. The van der Waals surface area contributed by atoms with Crippen LogP contribution in [0.2, 0.25) is 5.02 Å². The third-order valence-corrected chi connectivity index (χ3v) is 6.59. The number of carboxylic acid groups (broad SMARTS) is 1. The van der Waals surface area contributed by atoms with Crippen LogP contribution in [0, 0.1) is 0 Å². The molecule has 1 heterocycles. The fourth-order valence-corrected chi connectivity index (χ4v) is 4.66. The average molecular weight is 447 g/mol. The summed E-state index contributed by atoms with van der Waals surface area (Å²) >= 11 is 5.85. The van der Waals surface area contributed by atoms with E-state index in [9.17, 15) is 13.2 Å². The molecule has 0 radical (unpaired) electrons. The highest BCUT2D eigenvalue weighted by Gasteiger charge is 2.28. The maximum Gasteiger partial charge on any atom is 0.407 e. The number of likely N-dealkylation sites (tertiary alicyclic amines) is 1. The SMILES string of the molecule is O=C(O)N1CC[C@@H](Oc2ccc(NS(=O)(=O)c3ccc(Cl)cc3)c3ccccc23)C1. The van der Waals surface area contributed by atoms with E-state index in [4.69, 9.17) is 21.4 Å². The fourth-order valence-electron chi connectivity index (χ4n) is 3.46. The molecule has 1 aliphatic rings. The third kappa shape index (κ3) is 4.15. The standard InChI is InChI=1S/C21H19ClN2O5S/c22-14-5-7-16(8-6-14)30(27,28)23-19-9-10-20(18-4-2-1-3-17(18)19)29-15-11-12-24(13-15)21(25)26/h1-10,15,23H,11-13H2,(H,25,26)/t15-/m1/s1. The van der Waals surface area contributed by atoms with Gasteiger partial charge < -0.3 is 14.7 Å². The van der Waals surface area contributed by atoms with Crippen molar-refractivity contribution < 1.29 is 23.1 Å². The number of hydrogen-bond donors (Lipinski definition) is 2. The molecule has 7 nitrogen and oxygen atoms in total. The predicted octanol–water partition coefficient (Wildman–Crippen LogP) is 4.43. The summed E-state index contributed by atoms with van der Waals surface area (Å²) in [5.41, 5.74) is 0.423. The molecule has 156 valence electrons. The molecule has 1 amide bonds. The summed E-state index contributed by atoms with van der Waals surface area (Å²) in [5, 5.41) is 11.0. The van der Waals surface area contributed by atoms with E-state index in [2.05, 4.69) is 4.72 Å². The quantitative estimate of drug-likeness (QED) is 0.604. The minimum absolute atomic E-state index is 0.107. The number of anilines is 1. The van der Waals surface area contributed by atoms with Gasteiger partial charge in [0, 0.05) is 28.8 Å². The smallest absolute Gasteiger partial charge is 0.407 e. The Labute approximate surface area is 178 Å². The molecule has 0 unspecified atom stereocenters. The number of amides is 1. The zero-order valence-corrected chi connectivity index (χ0v) is 17.4. The van der Waals surface area contributed by atoms with E-state index in [0.29, 0.717) is 41.4 Å². The number of nitrogens with zero attached hydrogens (tertiary/aromatic N) is 1. The second kappa shape index (κ2) is 8.04. The summed E-state index contributed by atoms with van der Waals surface area (Å²) in [5.74, 6) is 0.581. The highest BCUT2D eigenvalue weighted by molar-refractivity contribution is 7.92. The third-order valence-electron chi connectivity index (χ3n) is 4.96. The van der Waals surface area contributed by atoms with Crippen LogP contribution in [0.15, 0.2) is 65.6 Å². The second-order valence-electron chi connectivity index (χ2n) is 6.97. The van der Waals surface area contributed by atoms with Crippen LogP contribution in [-0.2, 0) is 10.0 Å². The van der Waals surface area contributed by atoms with E-state index < -0.39 is 16.1 Å². The molecule has 0 spiro atoms. The Hall–Kier alpha value is -2.97. The van der Waals surface area contributed by atoms with E-state index in [-0.39, 0.29) is 11.0 Å². The van der Waals surface area contributed by atoms with Crippen LogP contribution >= 0.6 is 11.6 Å².